The molecule has 0 fully saturated rings. The van der Waals surface area contributed by atoms with Crippen LogP contribution in [0.15, 0.2) is 12.1 Å². The molecular weight excluding hydrogens is 266 g/mol. The van der Waals surface area contributed by atoms with Crippen LogP contribution in [-0.2, 0) is 4.79 Å². The van der Waals surface area contributed by atoms with Crippen molar-refractivity contribution in [3.63, 3.8) is 0 Å². The molecule has 1 heterocycles. The van der Waals surface area contributed by atoms with Gasteiger partial charge in [-0.05, 0) is 13.8 Å². The Kier molecular flexibility index (Phi) is 3.49. The normalized spacial score (nSPS) is 14.1. The van der Waals surface area contributed by atoms with Crippen molar-refractivity contribution in [2.75, 3.05) is 18.5 Å². The van der Waals surface area contributed by atoms with E-state index in [2.05, 4.69) is 5.32 Å². The van der Waals surface area contributed by atoms with E-state index in [4.69, 9.17) is 15.2 Å². The lowest BCUT2D eigenvalue weighted by Crippen LogP contribution is -2.38. The molecule has 8 heteroatoms. The fourth-order valence-electron chi connectivity index (χ4n) is 1.62. The number of nitrogens with one attached hydrogen (secondary N) is 1. The van der Waals surface area contributed by atoms with Crippen LogP contribution in [0, 0.1) is 10.1 Å². The van der Waals surface area contributed by atoms with Crippen molar-refractivity contribution in [1.29, 1.82) is 0 Å². The SMILES string of the molecule is CC(C)(N)COc1cc2c(cc1[N+](=O)[O-])OCC(=O)N2. The van der Waals surface area contributed by atoms with Crippen LogP contribution in [0.2, 0.25) is 0 Å². The largest absolute Gasteiger partial charge is 0.485 e. The summed E-state index contributed by atoms with van der Waals surface area (Å²) >= 11 is 0. The quantitative estimate of drug-likeness (QED) is 0.629. The lowest BCUT2D eigenvalue weighted by molar-refractivity contribution is -0.386. The molecule has 0 saturated heterocycles. The molecule has 20 heavy (non-hydrogen) atoms. The molecule has 0 aromatic heterocycles. The molecule has 0 bridgehead atoms. The maximum absolute atomic E-state index is 11.2. The van der Waals surface area contributed by atoms with E-state index in [9.17, 15) is 14.9 Å². The van der Waals surface area contributed by atoms with Crippen LogP contribution in [0.4, 0.5) is 11.4 Å². The summed E-state index contributed by atoms with van der Waals surface area (Å²) in [5.41, 5.74) is 5.26. The number of amides is 1. The fourth-order valence-corrected chi connectivity index (χ4v) is 1.62. The number of ether oxygens (including phenoxy) is 2. The first-order valence-corrected chi connectivity index (χ1v) is 5.93. The zero-order valence-corrected chi connectivity index (χ0v) is 11.1. The molecule has 2 rings (SSSR count). The molecule has 0 unspecified atom stereocenters. The summed E-state index contributed by atoms with van der Waals surface area (Å²) in [5.74, 6) is -0.0369. The maximum atomic E-state index is 11.2. The Morgan fingerprint density at radius 1 is 1.55 bits per heavy atom. The zero-order valence-electron chi connectivity index (χ0n) is 11.1. The molecule has 1 aromatic rings. The van der Waals surface area contributed by atoms with E-state index in [1.165, 1.54) is 12.1 Å². The summed E-state index contributed by atoms with van der Waals surface area (Å²) in [6.07, 6.45) is 0. The second kappa shape index (κ2) is 4.97. The zero-order chi connectivity index (χ0) is 14.9. The lowest BCUT2D eigenvalue weighted by Gasteiger charge is -2.21. The van der Waals surface area contributed by atoms with E-state index in [0.717, 1.165) is 0 Å². The molecule has 0 atom stereocenters. The summed E-state index contributed by atoms with van der Waals surface area (Å²) in [5, 5.41) is 13.6. The van der Waals surface area contributed by atoms with Crippen molar-refractivity contribution in [1.82, 2.24) is 0 Å². The van der Waals surface area contributed by atoms with Gasteiger partial charge < -0.3 is 20.5 Å². The predicted octanol–water partition coefficient (Wildman–Crippen LogP) is 1.04. The molecule has 1 aromatic carbocycles. The van der Waals surface area contributed by atoms with E-state index in [0.29, 0.717) is 5.69 Å². The number of benzene rings is 1. The van der Waals surface area contributed by atoms with Crippen LogP contribution in [0.1, 0.15) is 13.8 Å². The van der Waals surface area contributed by atoms with Gasteiger partial charge in [0, 0.05) is 11.6 Å². The number of hydrogen-bond donors (Lipinski definition) is 2. The Bertz CT molecular complexity index is 565. The van der Waals surface area contributed by atoms with Crippen molar-refractivity contribution in [3.8, 4) is 11.5 Å². The van der Waals surface area contributed by atoms with Crippen molar-refractivity contribution < 1.29 is 19.2 Å². The van der Waals surface area contributed by atoms with E-state index < -0.39 is 10.5 Å². The average Bonchev–Trinajstić information content (AvgIpc) is 2.34. The number of carbonyl (C=O) groups excluding carboxylic acids is 1. The number of nitrogens with zero attached hydrogens (tertiary/aromatic N) is 1. The minimum absolute atomic E-state index is 0.0399. The molecule has 1 aliphatic rings. The Morgan fingerprint density at radius 3 is 2.85 bits per heavy atom. The first-order chi connectivity index (χ1) is 9.26. The minimum atomic E-state index is -0.635. The van der Waals surface area contributed by atoms with Crippen LogP contribution in [0.5, 0.6) is 11.5 Å². The molecule has 0 radical (unpaired) electrons. The highest BCUT2D eigenvalue weighted by Crippen LogP contribution is 2.39. The average molecular weight is 281 g/mol. The molecule has 1 aliphatic heterocycles. The van der Waals surface area contributed by atoms with Crippen LogP contribution >= 0.6 is 0 Å². The molecular formula is C12H15N3O5. The second-order valence-electron chi connectivity index (χ2n) is 5.19. The van der Waals surface area contributed by atoms with E-state index in [1.54, 1.807) is 13.8 Å². The summed E-state index contributed by atoms with van der Waals surface area (Å²) in [6.45, 7) is 3.41. The molecule has 0 spiro atoms. The summed E-state index contributed by atoms with van der Waals surface area (Å²) < 4.78 is 10.5. The monoisotopic (exact) mass is 281 g/mol. The van der Waals surface area contributed by atoms with Gasteiger partial charge in [0.1, 0.15) is 6.61 Å². The number of rotatable bonds is 4. The van der Waals surface area contributed by atoms with Gasteiger partial charge in [0.25, 0.3) is 5.91 Å². The minimum Gasteiger partial charge on any atom is -0.485 e. The van der Waals surface area contributed by atoms with Crippen molar-refractivity contribution in [3.05, 3.63) is 22.2 Å². The van der Waals surface area contributed by atoms with Crippen LogP contribution in [0.3, 0.4) is 0 Å². The second-order valence-corrected chi connectivity index (χ2v) is 5.19. The van der Waals surface area contributed by atoms with Gasteiger partial charge in [0.2, 0.25) is 0 Å². The van der Waals surface area contributed by atoms with E-state index >= 15 is 0 Å². The van der Waals surface area contributed by atoms with Gasteiger partial charge in [0.15, 0.2) is 18.1 Å². The number of fused-ring (bicyclic) bond motifs is 1. The van der Waals surface area contributed by atoms with Gasteiger partial charge >= 0.3 is 5.69 Å². The number of nitrogens with two attached hydrogens (primary N) is 1. The summed E-state index contributed by atoms with van der Waals surface area (Å²) in [4.78, 5) is 21.7. The van der Waals surface area contributed by atoms with Gasteiger partial charge in [-0.25, -0.2) is 0 Å². The van der Waals surface area contributed by atoms with Crippen molar-refractivity contribution in [2.45, 2.75) is 19.4 Å². The van der Waals surface area contributed by atoms with Gasteiger partial charge in [-0.2, -0.15) is 0 Å². The highest BCUT2D eigenvalue weighted by Gasteiger charge is 2.25. The van der Waals surface area contributed by atoms with Gasteiger partial charge in [-0.1, -0.05) is 0 Å². The maximum Gasteiger partial charge on any atom is 0.314 e. The Hall–Kier alpha value is -2.35. The third kappa shape index (κ3) is 3.15. The summed E-state index contributed by atoms with van der Waals surface area (Å²) in [7, 11) is 0. The number of nitro groups is 1. The first-order valence-electron chi connectivity index (χ1n) is 5.93. The highest BCUT2D eigenvalue weighted by molar-refractivity contribution is 5.96. The topological polar surface area (TPSA) is 117 Å². The van der Waals surface area contributed by atoms with E-state index in [1.807, 2.05) is 0 Å². The summed E-state index contributed by atoms with van der Waals surface area (Å²) in [6, 6.07) is 2.60. The van der Waals surface area contributed by atoms with Crippen LogP contribution in [0.25, 0.3) is 0 Å². The Morgan fingerprint density at radius 2 is 2.25 bits per heavy atom. The van der Waals surface area contributed by atoms with Crippen LogP contribution < -0.4 is 20.5 Å². The van der Waals surface area contributed by atoms with Gasteiger partial charge in [-0.3, -0.25) is 14.9 Å². The number of nitro benzene ring substituents is 1. The Balaban J connectivity index is 2.35. The molecule has 0 saturated carbocycles. The smallest absolute Gasteiger partial charge is 0.314 e. The number of anilines is 1. The number of carbonyl (C=O) groups is 1. The molecule has 8 nitrogen and oxygen atoms in total. The van der Waals surface area contributed by atoms with Crippen LogP contribution in [-0.4, -0.2) is 29.6 Å². The predicted molar refractivity (Wildman–Crippen MR) is 71.0 cm³/mol. The van der Waals surface area contributed by atoms with Gasteiger partial charge in [0.05, 0.1) is 16.7 Å². The highest BCUT2D eigenvalue weighted by atomic mass is 16.6. The molecule has 1 amide bonds. The molecule has 108 valence electrons. The Labute approximate surface area is 115 Å². The van der Waals surface area contributed by atoms with Gasteiger partial charge in [-0.15, -0.1) is 0 Å². The molecule has 0 aliphatic carbocycles. The third-order valence-corrected chi connectivity index (χ3v) is 2.49. The third-order valence-electron chi connectivity index (χ3n) is 2.49. The van der Waals surface area contributed by atoms with E-state index in [-0.39, 0.29) is 36.3 Å². The fraction of sp³-hybridized carbons (Fsp3) is 0.417. The number of hydrogen-bond acceptors (Lipinski definition) is 6. The first kappa shape index (κ1) is 14.1. The standard InChI is InChI=1S/C12H15N3O5/c1-12(2,13)6-20-10-3-7-9(4-8(10)15(17)18)19-5-11(16)14-7/h3-4H,5-6,13H2,1-2H3,(H,14,16). The van der Waals surface area contributed by atoms with Crippen molar-refractivity contribution in [2.24, 2.45) is 5.73 Å². The lowest BCUT2D eigenvalue weighted by atomic mass is 10.1. The molecule has 3 N–H and O–H groups in total. The van der Waals surface area contributed by atoms with Crippen molar-refractivity contribution >= 4 is 17.3 Å².